The highest BCUT2D eigenvalue weighted by Crippen LogP contribution is 2.38. The highest BCUT2D eigenvalue weighted by molar-refractivity contribution is 7.19. The standard InChI is InChI=1S/C15H12N6O3S/c1-23-9-3-7-8(4-10(9)24-2)19-13-12(7)14(18-6-17-13)20-15-16-5-11(21-22)25-15/h3-6H,1-2H3,(H2,16,17,18,19,20). The van der Waals surface area contributed by atoms with E-state index in [4.69, 9.17) is 9.47 Å². The number of thiazole rings is 1. The van der Waals surface area contributed by atoms with Gasteiger partial charge in [-0.05, 0) is 11.2 Å². The highest BCUT2D eigenvalue weighted by Gasteiger charge is 2.16. The Hall–Kier alpha value is -3.27. The average Bonchev–Trinajstić information content (AvgIpc) is 3.24. The van der Waals surface area contributed by atoms with E-state index in [0.717, 1.165) is 27.6 Å². The van der Waals surface area contributed by atoms with Gasteiger partial charge in [0.25, 0.3) is 0 Å². The monoisotopic (exact) mass is 356 g/mol. The highest BCUT2D eigenvalue weighted by atomic mass is 32.1. The molecule has 25 heavy (non-hydrogen) atoms. The maximum absolute atomic E-state index is 10.6. The molecular weight excluding hydrogens is 344 g/mol. The molecule has 4 aromatic rings. The number of nitrogens with one attached hydrogen (secondary N) is 2. The maximum atomic E-state index is 10.6. The van der Waals surface area contributed by atoms with E-state index in [9.17, 15) is 4.91 Å². The molecule has 126 valence electrons. The molecule has 9 nitrogen and oxygen atoms in total. The zero-order chi connectivity index (χ0) is 17.4. The van der Waals surface area contributed by atoms with Crippen molar-refractivity contribution in [1.82, 2.24) is 19.9 Å². The number of H-pyrrole nitrogens is 1. The van der Waals surface area contributed by atoms with E-state index in [1.165, 1.54) is 12.5 Å². The molecule has 0 amide bonds. The van der Waals surface area contributed by atoms with E-state index in [-0.39, 0.29) is 5.00 Å². The Labute approximate surface area is 145 Å². The summed E-state index contributed by atoms with van der Waals surface area (Å²) in [5.41, 5.74) is 1.50. The van der Waals surface area contributed by atoms with Gasteiger partial charge in [0.05, 0.1) is 31.3 Å². The van der Waals surface area contributed by atoms with E-state index < -0.39 is 0 Å². The van der Waals surface area contributed by atoms with Gasteiger partial charge in [-0.1, -0.05) is 11.3 Å². The third-order valence-electron chi connectivity index (χ3n) is 3.70. The number of anilines is 2. The van der Waals surface area contributed by atoms with Gasteiger partial charge in [0.15, 0.2) is 21.6 Å². The molecule has 0 fully saturated rings. The van der Waals surface area contributed by atoms with Gasteiger partial charge >= 0.3 is 0 Å². The molecule has 10 heteroatoms. The third-order valence-corrected chi connectivity index (χ3v) is 4.49. The molecule has 0 saturated carbocycles. The molecule has 3 aromatic heterocycles. The summed E-state index contributed by atoms with van der Waals surface area (Å²) in [5.74, 6) is 1.79. The van der Waals surface area contributed by atoms with Gasteiger partial charge in [0, 0.05) is 11.5 Å². The Kier molecular flexibility index (Phi) is 3.65. The van der Waals surface area contributed by atoms with Gasteiger partial charge in [-0.3, -0.25) is 0 Å². The molecule has 3 heterocycles. The number of nitroso groups, excluding NO2 is 1. The van der Waals surface area contributed by atoms with Gasteiger partial charge in [-0.25, -0.2) is 15.0 Å². The first-order valence-corrected chi connectivity index (χ1v) is 7.99. The molecule has 0 aliphatic rings. The molecule has 1 aromatic carbocycles. The van der Waals surface area contributed by atoms with Crippen molar-refractivity contribution >= 4 is 49.2 Å². The van der Waals surface area contributed by atoms with E-state index in [1.54, 1.807) is 14.2 Å². The van der Waals surface area contributed by atoms with Crippen molar-refractivity contribution in [2.45, 2.75) is 0 Å². The molecular formula is C15H12N6O3S. The Morgan fingerprint density at radius 1 is 1.16 bits per heavy atom. The zero-order valence-electron chi connectivity index (χ0n) is 13.2. The SMILES string of the molecule is COc1cc2[nH]c3ncnc(Nc4ncc(N=O)s4)c3c2cc1OC. The van der Waals surface area contributed by atoms with Crippen LogP contribution in [0.4, 0.5) is 16.0 Å². The fourth-order valence-corrected chi connectivity index (χ4v) is 3.21. The number of rotatable bonds is 5. The predicted molar refractivity (Wildman–Crippen MR) is 95.4 cm³/mol. The van der Waals surface area contributed by atoms with Crippen LogP contribution in [-0.2, 0) is 0 Å². The normalized spacial score (nSPS) is 11.0. The number of nitrogens with zero attached hydrogens (tertiary/aromatic N) is 4. The zero-order valence-corrected chi connectivity index (χ0v) is 14.0. The Bertz CT molecular complexity index is 1090. The fraction of sp³-hybridized carbons (Fsp3) is 0.133. The van der Waals surface area contributed by atoms with Crippen molar-refractivity contribution in [2.75, 3.05) is 19.5 Å². The third kappa shape index (κ3) is 2.52. The van der Waals surface area contributed by atoms with E-state index >= 15 is 0 Å². The number of fused-ring (bicyclic) bond motifs is 3. The number of aromatic nitrogens is 4. The van der Waals surface area contributed by atoms with Gasteiger partial charge in [0.1, 0.15) is 17.8 Å². The van der Waals surface area contributed by atoms with Crippen molar-refractivity contribution in [3.63, 3.8) is 0 Å². The largest absolute Gasteiger partial charge is 0.493 e. The number of ether oxygens (including phenoxy) is 2. The van der Waals surface area contributed by atoms with Crippen LogP contribution in [0.2, 0.25) is 0 Å². The molecule has 0 atom stereocenters. The van der Waals surface area contributed by atoms with Crippen molar-refractivity contribution in [2.24, 2.45) is 5.18 Å². The average molecular weight is 356 g/mol. The molecule has 0 aliphatic carbocycles. The molecule has 0 aliphatic heterocycles. The summed E-state index contributed by atoms with van der Waals surface area (Å²) in [7, 11) is 3.16. The predicted octanol–water partition coefficient (Wildman–Crippen LogP) is 3.73. The van der Waals surface area contributed by atoms with Gasteiger partial charge in [0.2, 0.25) is 0 Å². The molecule has 0 radical (unpaired) electrons. The Morgan fingerprint density at radius 2 is 1.96 bits per heavy atom. The fourth-order valence-electron chi connectivity index (χ4n) is 2.61. The molecule has 2 N–H and O–H groups in total. The van der Waals surface area contributed by atoms with Crippen LogP contribution in [0.5, 0.6) is 11.5 Å². The summed E-state index contributed by atoms with van der Waals surface area (Å²) >= 11 is 1.14. The van der Waals surface area contributed by atoms with Crippen LogP contribution in [0.25, 0.3) is 21.9 Å². The van der Waals surface area contributed by atoms with Crippen molar-refractivity contribution < 1.29 is 9.47 Å². The van der Waals surface area contributed by atoms with E-state index in [2.05, 4.69) is 30.4 Å². The lowest BCUT2D eigenvalue weighted by molar-refractivity contribution is 0.356. The summed E-state index contributed by atoms with van der Waals surface area (Å²) in [6.45, 7) is 0. The second-order valence-corrected chi connectivity index (χ2v) is 6.05. The number of methoxy groups -OCH3 is 2. The Balaban J connectivity index is 1.90. The van der Waals surface area contributed by atoms with Crippen molar-refractivity contribution in [3.8, 4) is 11.5 Å². The summed E-state index contributed by atoms with van der Waals surface area (Å²) < 4.78 is 10.7. The van der Waals surface area contributed by atoms with E-state index in [1.807, 2.05) is 12.1 Å². The summed E-state index contributed by atoms with van der Waals surface area (Å²) in [6, 6.07) is 3.71. The molecule has 0 bridgehead atoms. The minimum absolute atomic E-state index is 0.290. The molecule has 0 unspecified atom stereocenters. The maximum Gasteiger partial charge on any atom is 0.190 e. The quantitative estimate of drug-likeness (QED) is 0.524. The molecule has 0 spiro atoms. The van der Waals surface area contributed by atoms with Crippen molar-refractivity contribution in [1.29, 1.82) is 0 Å². The minimum Gasteiger partial charge on any atom is -0.493 e. The van der Waals surface area contributed by atoms with Crippen molar-refractivity contribution in [3.05, 3.63) is 29.6 Å². The van der Waals surface area contributed by atoms with Crippen LogP contribution < -0.4 is 14.8 Å². The lowest BCUT2D eigenvalue weighted by Gasteiger charge is -2.07. The van der Waals surface area contributed by atoms with Crippen LogP contribution in [0, 0.1) is 4.91 Å². The smallest absolute Gasteiger partial charge is 0.190 e. The lowest BCUT2D eigenvalue weighted by Crippen LogP contribution is -1.94. The lowest BCUT2D eigenvalue weighted by atomic mass is 10.2. The van der Waals surface area contributed by atoms with Gasteiger partial charge in [-0.2, -0.15) is 0 Å². The molecule has 0 saturated heterocycles. The number of aromatic amines is 1. The second kappa shape index (κ2) is 5.98. The number of hydrogen-bond acceptors (Lipinski definition) is 9. The van der Waals surface area contributed by atoms with Gasteiger partial charge in [-0.15, -0.1) is 4.91 Å². The first-order chi connectivity index (χ1) is 12.2. The van der Waals surface area contributed by atoms with Gasteiger partial charge < -0.3 is 19.8 Å². The van der Waals surface area contributed by atoms with Crippen LogP contribution >= 0.6 is 11.3 Å². The summed E-state index contributed by atoms with van der Waals surface area (Å²) in [5, 5.41) is 8.46. The Morgan fingerprint density at radius 3 is 2.68 bits per heavy atom. The summed E-state index contributed by atoms with van der Waals surface area (Å²) in [4.78, 5) is 26.5. The first-order valence-electron chi connectivity index (χ1n) is 7.18. The topological polar surface area (TPSA) is 114 Å². The first kappa shape index (κ1) is 15.3. The number of hydrogen-bond donors (Lipinski definition) is 2. The summed E-state index contributed by atoms with van der Waals surface area (Å²) in [6.07, 6.45) is 2.85. The van der Waals surface area contributed by atoms with Crippen LogP contribution in [0.3, 0.4) is 0 Å². The van der Waals surface area contributed by atoms with Crippen LogP contribution in [0.15, 0.2) is 29.8 Å². The van der Waals surface area contributed by atoms with Crippen LogP contribution in [-0.4, -0.2) is 34.2 Å². The second-order valence-electron chi connectivity index (χ2n) is 5.04. The molecule has 4 rings (SSSR count). The van der Waals surface area contributed by atoms with Crippen LogP contribution in [0.1, 0.15) is 0 Å². The number of benzene rings is 1. The minimum atomic E-state index is 0.290. The van der Waals surface area contributed by atoms with E-state index in [0.29, 0.717) is 28.1 Å².